The van der Waals surface area contributed by atoms with E-state index in [0.29, 0.717) is 16.9 Å². The van der Waals surface area contributed by atoms with Gasteiger partial charge in [-0.25, -0.2) is 14.8 Å². The average molecular weight is 360 g/mol. The van der Waals surface area contributed by atoms with Gasteiger partial charge in [0, 0.05) is 5.56 Å². The number of rotatable bonds is 4. The minimum Gasteiger partial charge on any atom is -0.452 e. The summed E-state index contributed by atoms with van der Waals surface area (Å²) >= 11 is 0. The van der Waals surface area contributed by atoms with Gasteiger partial charge in [-0.2, -0.15) is 4.98 Å². The third kappa shape index (κ3) is 3.52. The molecule has 0 atom stereocenters. The quantitative estimate of drug-likeness (QED) is 0.513. The van der Waals surface area contributed by atoms with Gasteiger partial charge in [0.1, 0.15) is 0 Å². The van der Waals surface area contributed by atoms with E-state index in [0.717, 1.165) is 22.5 Å². The third-order valence-corrected chi connectivity index (χ3v) is 4.14. The largest absolute Gasteiger partial charge is 0.452 e. The van der Waals surface area contributed by atoms with E-state index in [1.54, 1.807) is 18.2 Å². The predicted octanol–water partition coefficient (Wildman–Crippen LogP) is 3.65. The summed E-state index contributed by atoms with van der Waals surface area (Å²) in [6.45, 7) is 3.68. The maximum atomic E-state index is 12.3. The molecule has 2 aromatic carbocycles. The number of aromatic nitrogens is 4. The molecule has 0 saturated heterocycles. The van der Waals surface area contributed by atoms with E-state index in [2.05, 4.69) is 20.1 Å². The van der Waals surface area contributed by atoms with E-state index in [4.69, 9.17) is 9.26 Å². The molecule has 27 heavy (non-hydrogen) atoms. The standard InChI is InChI=1S/C20H16N4O3/c1-12-13(2)22-17-10-15(8-9-16(17)21-12)20(25)26-11-18-23-19(24-27-18)14-6-4-3-5-7-14/h3-10H,11H2,1-2H3. The van der Waals surface area contributed by atoms with Gasteiger partial charge in [-0.1, -0.05) is 35.5 Å². The fourth-order valence-corrected chi connectivity index (χ4v) is 2.59. The van der Waals surface area contributed by atoms with Gasteiger partial charge in [-0.05, 0) is 32.0 Å². The Bertz CT molecular complexity index is 1120. The van der Waals surface area contributed by atoms with E-state index in [-0.39, 0.29) is 12.5 Å². The van der Waals surface area contributed by atoms with Crippen molar-refractivity contribution in [3.8, 4) is 11.4 Å². The van der Waals surface area contributed by atoms with Crippen molar-refractivity contribution in [1.29, 1.82) is 0 Å². The summed E-state index contributed by atoms with van der Waals surface area (Å²) < 4.78 is 10.4. The van der Waals surface area contributed by atoms with Crippen LogP contribution in [0.5, 0.6) is 0 Å². The molecule has 4 rings (SSSR count). The lowest BCUT2D eigenvalue weighted by atomic mass is 10.2. The molecule has 0 aliphatic heterocycles. The first kappa shape index (κ1) is 16.8. The van der Waals surface area contributed by atoms with Crippen LogP contribution >= 0.6 is 0 Å². The first-order valence-corrected chi connectivity index (χ1v) is 8.40. The zero-order valence-electron chi connectivity index (χ0n) is 14.8. The Kier molecular flexibility index (Phi) is 4.33. The summed E-state index contributed by atoms with van der Waals surface area (Å²) in [5.74, 6) is 0.194. The van der Waals surface area contributed by atoms with Crippen molar-refractivity contribution in [2.75, 3.05) is 0 Å². The van der Waals surface area contributed by atoms with E-state index in [9.17, 15) is 4.79 Å². The molecule has 7 heteroatoms. The summed E-state index contributed by atoms with van der Waals surface area (Å²) in [5.41, 5.74) is 4.30. The second kappa shape index (κ2) is 6.95. The van der Waals surface area contributed by atoms with E-state index < -0.39 is 5.97 Å². The van der Waals surface area contributed by atoms with Gasteiger partial charge < -0.3 is 9.26 Å². The first-order chi connectivity index (χ1) is 13.1. The van der Waals surface area contributed by atoms with Crippen LogP contribution in [0, 0.1) is 13.8 Å². The lowest BCUT2D eigenvalue weighted by Crippen LogP contribution is -2.06. The molecule has 0 aliphatic carbocycles. The Morgan fingerprint density at radius 1 is 0.963 bits per heavy atom. The molecule has 0 fully saturated rings. The number of fused-ring (bicyclic) bond motifs is 1. The molecule has 0 N–H and O–H groups in total. The summed E-state index contributed by atoms with van der Waals surface area (Å²) in [5, 5.41) is 3.90. The lowest BCUT2D eigenvalue weighted by molar-refractivity contribution is 0.0430. The SMILES string of the molecule is Cc1nc2ccc(C(=O)OCc3nc(-c4ccccc4)no3)cc2nc1C. The van der Waals surface area contributed by atoms with Crippen molar-refractivity contribution in [3.05, 3.63) is 71.4 Å². The number of benzene rings is 2. The van der Waals surface area contributed by atoms with Crippen molar-refractivity contribution < 1.29 is 14.1 Å². The van der Waals surface area contributed by atoms with Gasteiger partial charge in [0.15, 0.2) is 6.61 Å². The number of ether oxygens (including phenoxy) is 1. The van der Waals surface area contributed by atoms with Crippen molar-refractivity contribution in [2.24, 2.45) is 0 Å². The Labute approximate surface area is 155 Å². The van der Waals surface area contributed by atoms with Gasteiger partial charge in [-0.15, -0.1) is 0 Å². The van der Waals surface area contributed by atoms with Crippen molar-refractivity contribution >= 4 is 17.0 Å². The number of carbonyl (C=O) groups is 1. The molecule has 0 spiro atoms. The van der Waals surface area contributed by atoms with Crippen LogP contribution in [-0.2, 0) is 11.3 Å². The Morgan fingerprint density at radius 3 is 2.48 bits per heavy atom. The third-order valence-electron chi connectivity index (χ3n) is 4.14. The monoisotopic (exact) mass is 360 g/mol. The summed E-state index contributed by atoms with van der Waals surface area (Å²) in [6, 6.07) is 14.5. The van der Waals surface area contributed by atoms with Crippen molar-refractivity contribution in [3.63, 3.8) is 0 Å². The zero-order valence-corrected chi connectivity index (χ0v) is 14.8. The Balaban J connectivity index is 1.47. The van der Waals surface area contributed by atoms with Crippen LogP contribution in [0.3, 0.4) is 0 Å². The van der Waals surface area contributed by atoms with E-state index in [1.165, 1.54) is 0 Å². The number of nitrogens with zero attached hydrogens (tertiary/aromatic N) is 4. The van der Waals surface area contributed by atoms with Crippen LogP contribution in [0.15, 0.2) is 53.1 Å². The van der Waals surface area contributed by atoms with Crippen LogP contribution in [0.1, 0.15) is 27.6 Å². The highest BCUT2D eigenvalue weighted by atomic mass is 16.6. The maximum absolute atomic E-state index is 12.3. The maximum Gasteiger partial charge on any atom is 0.338 e. The summed E-state index contributed by atoms with van der Waals surface area (Å²) in [7, 11) is 0. The average Bonchev–Trinajstić information content (AvgIpc) is 3.16. The van der Waals surface area contributed by atoms with Crippen LogP contribution in [0.4, 0.5) is 0 Å². The van der Waals surface area contributed by atoms with Crippen LogP contribution in [0.2, 0.25) is 0 Å². The van der Waals surface area contributed by atoms with Gasteiger partial charge in [0.25, 0.3) is 5.89 Å². The molecule has 0 amide bonds. The second-order valence-corrected chi connectivity index (χ2v) is 6.05. The zero-order chi connectivity index (χ0) is 18.8. The molecule has 2 aromatic heterocycles. The molecule has 0 radical (unpaired) electrons. The van der Waals surface area contributed by atoms with Gasteiger partial charge in [-0.3, -0.25) is 0 Å². The van der Waals surface area contributed by atoms with E-state index in [1.807, 2.05) is 44.2 Å². The van der Waals surface area contributed by atoms with Crippen molar-refractivity contribution in [2.45, 2.75) is 20.5 Å². The number of hydrogen-bond donors (Lipinski definition) is 0. The van der Waals surface area contributed by atoms with E-state index >= 15 is 0 Å². The van der Waals surface area contributed by atoms with Gasteiger partial charge in [0.2, 0.25) is 5.82 Å². The van der Waals surface area contributed by atoms with Crippen LogP contribution in [0.25, 0.3) is 22.4 Å². The first-order valence-electron chi connectivity index (χ1n) is 8.40. The topological polar surface area (TPSA) is 91.0 Å². The lowest BCUT2D eigenvalue weighted by Gasteiger charge is -2.05. The minimum atomic E-state index is -0.489. The smallest absolute Gasteiger partial charge is 0.338 e. The normalized spacial score (nSPS) is 10.9. The predicted molar refractivity (Wildman–Crippen MR) is 97.9 cm³/mol. The summed E-state index contributed by atoms with van der Waals surface area (Å²) in [4.78, 5) is 25.5. The molecule has 7 nitrogen and oxygen atoms in total. The highest BCUT2D eigenvalue weighted by Gasteiger charge is 2.13. The molecule has 134 valence electrons. The van der Waals surface area contributed by atoms with Crippen LogP contribution in [-0.4, -0.2) is 26.1 Å². The van der Waals surface area contributed by atoms with Crippen LogP contribution < -0.4 is 0 Å². The molecule has 0 aliphatic rings. The van der Waals surface area contributed by atoms with Crippen molar-refractivity contribution in [1.82, 2.24) is 20.1 Å². The Hall–Kier alpha value is -3.61. The highest BCUT2D eigenvalue weighted by molar-refractivity contribution is 5.93. The molecule has 0 saturated carbocycles. The fraction of sp³-hybridized carbons (Fsp3) is 0.150. The molecule has 4 aromatic rings. The molecule has 0 unspecified atom stereocenters. The molecule has 2 heterocycles. The second-order valence-electron chi connectivity index (χ2n) is 6.05. The minimum absolute atomic E-state index is 0.102. The fourth-order valence-electron chi connectivity index (χ4n) is 2.59. The van der Waals surface area contributed by atoms with Gasteiger partial charge >= 0.3 is 5.97 Å². The number of esters is 1. The number of carbonyl (C=O) groups excluding carboxylic acids is 1. The summed E-state index contributed by atoms with van der Waals surface area (Å²) in [6.07, 6.45) is 0. The van der Waals surface area contributed by atoms with Gasteiger partial charge in [0.05, 0.1) is 28.0 Å². The number of hydrogen-bond acceptors (Lipinski definition) is 7. The molecule has 0 bridgehead atoms. The molecular weight excluding hydrogens is 344 g/mol. The number of aryl methyl sites for hydroxylation is 2. The highest BCUT2D eigenvalue weighted by Crippen LogP contribution is 2.17. The Morgan fingerprint density at radius 2 is 1.70 bits per heavy atom. The molecular formula is C20H16N4O3.